The van der Waals surface area contributed by atoms with Gasteiger partial charge in [-0.3, -0.25) is 9.59 Å². The number of carboxylic acid groups (broad SMARTS) is 1. The van der Waals surface area contributed by atoms with Gasteiger partial charge in [-0.15, -0.1) is 0 Å². The molecule has 1 atom stereocenters. The normalized spacial score (nSPS) is 17.4. The smallest absolute Gasteiger partial charge is 0.319 e. The highest BCUT2D eigenvalue weighted by atomic mass is 35.5. The molecular formula is C13H12Cl2FNO3. The van der Waals surface area contributed by atoms with E-state index in [1.165, 1.54) is 6.07 Å². The molecule has 20 heavy (non-hydrogen) atoms. The first-order chi connectivity index (χ1) is 9.28. The van der Waals surface area contributed by atoms with E-state index in [-0.39, 0.29) is 10.0 Å². The molecule has 1 aromatic carbocycles. The van der Waals surface area contributed by atoms with Gasteiger partial charge < -0.3 is 10.4 Å². The third kappa shape index (κ3) is 2.60. The molecule has 0 bridgehead atoms. The second kappa shape index (κ2) is 5.22. The number of benzene rings is 1. The molecule has 1 aliphatic rings. The first-order valence-corrected chi connectivity index (χ1v) is 6.72. The number of amides is 1. The summed E-state index contributed by atoms with van der Waals surface area (Å²) in [5, 5.41) is 11.7. The summed E-state index contributed by atoms with van der Waals surface area (Å²) in [7, 11) is 0. The van der Waals surface area contributed by atoms with Crippen LogP contribution in [0.15, 0.2) is 12.1 Å². The highest BCUT2D eigenvalue weighted by molar-refractivity contribution is 6.35. The van der Waals surface area contributed by atoms with Gasteiger partial charge in [0.15, 0.2) is 0 Å². The van der Waals surface area contributed by atoms with Crippen molar-refractivity contribution in [2.24, 2.45) is 5.41 Å². The molecule has 4 nitrogen and oxygen atoms in total. The van der Waals surface area contributed by atoms with Crippen molar-refractivity contribution in [2.75, 3.05) is 0 Å². The number of halogens is 3. The third-order valence-corrected chi connectivity index (χ3v) is 4.06. The quantitative estimate of drug-likeness (QED) is 0.661. The van der Waals surface area contributed by atoms with Crippen molar-refractivity contribution in [3.05, 3.63) is 33.6 Å². The van der Waals surface area contributed by atoms with Crippen molar-refractivity contribution in [1.82, 2.24) is 5.32 Å². The van der Waals surface area contributed by atoms with Crippen molar-refractivity contribution < 1.29 is 19.1 Å². The minimum Gasteiger partial charge on any atom is -0.480 e. The maximum atomic E-state index is 13.4. The molecule has 0 heterocycles. The third-order valence-electron chi connectivity index (χ3n) is 3.45. The predicted octanol–water partition coefficient (Wildman–Crippen LogP) is 3.17. The van der Waals surface area contributed by atoms with Crippen LogP contribution in [0.4, 0.5) is 4.39 Å². The zero-order chi connectivity index (χ0) is 15.1. The lowest BCUT2D eigenvalue weighted by Crippen LogP contribution is -2.38. The van der Waals surface area contributed by atoms with Gasteiger partial charge >= 0.3 is 5.97 Å². The summed E-state index contributed by atoms with van der Waals surface area (Å²) in [5.74, 6) is -2.37. The Morgan fingerprint density at radius 3 is 2.45 bits per heavy atom. The van der Waals surface area contributed by atoms with Crippen molar-refractivity contribution >= 4 is 35.1 Å². The average molecular weight is 320 g/mol. The maximum Gasteiger partial charge on any atom is 0.319 e. The van der Waals surface area contributed by atoms with Gasteiger partial charge in [0.05, 0.1) is 11.1 Å². The molecule has 2 N–H and O–H groups in total. The molecule has 0 aromatic heterocycles. The van der Waals surface area contributed by atoms with E-state index < -0.39 is 29.2 Å². The summed E-state index contributed by atoms with van der Waals surface area (Å²) in [5.41, 5.74) is -0.991. The first-order valence-electron chi connectivity index (χ1n) is 5.97. The van der Waals surface area contributed by atoms with E-state index in [4.69, 9.17) is 28.3 Å². The Morgan fingerprint density at radius 1 is 1.35 bits per heavy atom. The minimum atomic E-state index is -1.34. The summed E-state index contributed by atoms with van der Waals surface area (Å²) in [6, 6.07) is 1.77. The fourth-order valence-electron chi connectivity index (χ4n) is 1.95. The van der Waals surface area contributed by atoms with Crippen LogP contribution >= 0.6 is 23.2 Å². The molecule has 0 spiro atoms. The van der Waals surface area contributed by atoms with Crippen molar-refractivity contribution in [3.8, 4) is 0 Å². The molecule has 0 saturated heterocycles. The van der Waals surface area contributed by atoms with Gasteiger partial charge in [0, 0.05) is 5.02 Å². The van der Waals surface area contributed by atoms with Gasteiger partial charge in [-0.05, 0) is 37.5 Å². The number of hydrogen-bond acceptors (Lipinski definition) is 2. The zero-order valence-electron chi connectivity index (χ0n) is 10.5. The van der Waals surface area contributed by atoms with Crippen LogP contribution in [0.3, 0.4) is 0 Å². The van der Waals surface area contributed by atoms with E-state index in [0.717, 1.165) is 6.07 Å². The number of aliphatic carboxylic acids is 1. The van der Waals surface area contributed by atoms with E-state index >= 15 is 0 Å². The highest BCUT2D eigenvalue weighted by Gasteiger charge is 2.57. The number of carbonyl (C=O) groups excluding carboxylic acids is 1. The Kier molecular flexibility index (Phi) is 3.93. The lowest BCUT2D eigenvalue weighted by molar-refractivity contribution is -0.149. The molecule has 1 fully saturated rings. The molecule has 2 rings (SSSR count). The number of hydrogen-bond donors (Lipinski definition) is 2. The maximum absolute atomic E-state index is 13.4. The standard InChI is InChI=1S/C13H12Cl2FNO3/c1-6(7-4-10(16)9(15)5-8(7)14)17-11(18)13(2-3-13)12(19)20/h4-6H,2-3H2,1H3,(H,17,18)(H,19,20). The molecular weight excluding hydrogens is 308 g/mol. The Balaban J connectivity index is 2.17. The highest BCUT2D eigenvalue weighted by Crippen LogP contribution is 2.46. The fourth-order valence-corrected chi connectivity index (χ4v) is 2.49. The molecule has 7 heteroatoms. The first kappa shape index (κ1) is 15.1. The fraction of sp³-hybridized carbons (Fsp3) is 0.385. The molecule has 0 aliphatic heterocycles. The minimum absolute atomic E-state index is 0.110. The van der Waals surface area contributed by atoms with E-state index in [1.807, 2.05) is 0 Å². The lowest BCUT2D eigenvalue weighted by atomic mass is 10.0. The second-order valence-corrected chi connectivity index (χ2v) is 5.68. The molecule has 1 aliphatic carbocycles. The Hall–Kier alpha value is -1.33. The summed E-state index contributed by atoms with van der Waals surface area (Å²) >= 11 is 11.5. The van der Waals surface area contributed by atoms with E-state index in [0.29, 0.717) is 18.4 Å². The number of carboxylic acids is 1. The van der Waals surface area contributed by atoms with E-state index in [1.54, 1.807) is 6.92 Å². The topological polar surface area (TPSA) is 66.4 Å². The van der Waals surface area contributed by atoms with Crippen LogP contribution in [-0.4, -0.2) is 17.0 Å². The monoisotopic (exact) mass is 319 g/mol. The SMILES string of the molecule is CC(NC(=O)C1(C(=O)O)CC1)c1cc(F)c(Cl)cc1Cl. The largest absolute Gasteiger partial charge is 0.480 e. The number of rotatable bonds is 4. The van der Waals surface area contributed by atoms with Crippen molar-refractivity contribution in [2.45, 2.75) is 25.8 Å². The molecule has 1 amide bonds. The average Bonchev–Trinajstić information content (AvgIpc) is 3.14. The second-order valence-electron chi connectivity index (χ2n) is 4.87. The van der Waals surface area contributed by atoms with Crippen LogP contribution in [0.5, 0.6) is 0 Å². The van der Waals surface area contributed by atoms with Crippen LogP contribution in [0.2, 0.25) is 10.0 Å². The predicted molar refractivity (Wildman–Crippen MR) is 72.3 cm³/mol. The van der Waals surface area contributed by atoms with Crippen LogP contribution in [0.25, 0.3) is 0 Å². The van der Waals surface area contributed by atoms with Crippen LogP contribution < -0.4 is 5.32 Å². The number of nitrogens with one attached hydrogen (secondary N) is 1. The van der Waals surface area contributed by atoms with Gasteiger partial charge in [0.2, 0.25) is 5.91 Å². The van der Waals surface area contributed by atoms with Gasteiger partial charge in [-0.25, -0.2) is 4.39 Å². The van der Waals surface area contributed by atoms with E-state index in [9.17, 15) is 14.0 Å². The van der Waals surface area contributed by atoms with Crippen LogP contribution in [0, 0.1) is 11.2 Å². The molecule has 1 saturated carbocycles. The molecule has 1 aromatic rings. The van der Waals surface area contributed by atoms with Gasteiger partial charge in [0.1, 0.15) is 11.2 Å². The lowest BCUT2D eigenvalue weighted by Gasteiger charge is -2.18. The van der Waals surface area contributed by atoms with E-state index in [2.05, 4.69) is 5.32 Å². The molecule has 1 unspecified atom stereocenters. The Morgan fingerprint density at radius 2 is 1.95 bits per heavy atom. The summed E-state index contributed by atoms with van der Waals surface area (Å²) in [4.78, 5) is 23.0. The summed E-state index contributed by atoms with van der Waals surface area (Å²) in [6.45, 7) is 1.60. The van der Waals surface area contributed by atoms with Crippen molar-refractivity contribution in [1.29, 1.82) is 0 Å². The molecule has 0 radical (unpaired) electrons. The summed E-state index contributed by atoms with van der Waals surface area (Å²) in [6.07, 6.45) is 0.618. The van der Waals surface area contributed by atoms with Crippen molar-refractivity contribution in [3.63, 3.8) is 0 Å². The Bertz CT molecular complexity index is 587. The summed E-state index contributed by atoms with van der Waals surface area (Å²) < 4.78 is 13.4. The van der Waals surface area contributed by atoms with Gasteiger partial charge in [0.25, 0.3) is 0 Å². The molecule has 108 valence electrons. The van der Waals surface area contributed by atoms with Gasteiger partial charge in [-0.2, -0.15) is 0 Å². The van der Waals surface area contributed by atoms with Crippen LogP contribution in [-0.2, 0) is 9.59 Å². The van der Waals surface area contributed by atoms with Gasteiger partial charge in [-0.1, -0.05) is 23.2 Å². The zero-order valence-corrected chi connectivity index (χ0v) is 12.1. The number of carbonyl (C=O) groups is 2. The van der Waals surface area contributed by atoms with Crippen LogP contribution in [0.1, 0.15) is 31.4 Å². The Labute approximate surface area is 124 Å².